The molecule has 0 saturated heterocycles. The maximum atomic E-state index is 13.5. The number of rotatable bonds is 9. The highest BCUT2D eigenvalue weighted by atomic mass is 32.2. The zero-order valence-corrected chi connectivity index (χ0v) is 19.4. The highest BCUT2D eigenvalue weighted by Crippen LogP contribution is 2.52. The zero-order valence-electron chi connectivity index (χ0n) is 18.5. The van der Waals surface area contributed by atoms with E-state index < -0.39 is 45.9 Å². The number of hydrogen-bond donors (Lipinski definition) is 1. The van der Waals surface area contributed by atoms with Crippen molar-refractivity contribution < 1.29 is 44.3 Å². The molecule has 1 saturated carbocycles. The van der Waals surface area contributed by atoms with Gasteiger partial charge in [-0.15, -0.1) is 0 Å². The van der Waals surface area contributed by atoms with E-state index in [0.717, 1.165) is 31.9 Å². The summed E-state index contributed by atoms with van der Waals surface area (Å²) in [6, 6.07) is 8.72. The highest BCUT2D eigenvalue weighted by Gasteiger charge is 2.73. The molecule has 1 fully saturated rings. The summed E-state index contributed by atoms with van der Waals surface area (Å²) in [7, 11) is -3.39. The molecular weight excluding hydrogens is 500 g/mol. The highest BCUT2D eigenvalue weighted by molar-refractivity contribution is 7.91. The van der Waals surface area contributed by atoms with Crippen molar-refractivity contribution in [1.82, 2.24) is 5.32 Å². The van der Waals surface area contributed by atoms with Gasteiger partial charge in [0.25, 0.3) is 11.5 Å². The Hall–Kier alpha value is -2.60. The Morgan fingerprint density at radius 2 is 1.49 bits per heavy atom. The molecule has 0 atom stereocenters. The van der Waals surface area contributed by atoms with Crippen molar-refractivity contribution in [2.24, 2.45) is 5.92 Å². The summed E-state index contributed by atoms with van der Waals surface area (Å²) in [5.74, 6) is -0.453. The number of halogens is 6. The summed E-state index contributed by atoms with van der Waals surface area (Å²) >= 11 is 0. The van der Waals surface area contributed by atoms with Gasteiger partial charge in [-0.3, -0.25) is 4.79 Å². The Labute approximate surface area is 198 Å². The molecular formula is C23H23F6NO4S. The Balaban J connectivity index is 1.71. The van der Waals surface area contributed by atoms with Gasteiger partial charge >= 0.3 is 12.4 Å². The van der Waals surface area contributed by atoms with Crippen molar-refractivity contribution in [3.8, 4) is 0 Å². The minimum absolute atomic E-state index is 0.0302. The van der Waals surface area contributed by atoms with E-state index >= 15 is 0 Å². The van der Waals surface area contributed by atoms with Crippen LogP contribution in [0, 0.1) is 5.92 Å². The van der Waals surface area contributed by atoms with Crippen molar-refractivity contribution in [2.75, 3.05) is 12.4 Å². The van der Waals surface area contributed by atoms with Gasteiger partial charge in [0.05, 0.1) is 10.6 Å². The third-order valence-corrected chi connectivity index (χ3v) is 7.50. The fraction of sp³-hybridized carbons (Fsp3) is 0.435. The largest absolute Gasteiger partial charge is 0.430 e. The van der Waals surface area contributed by atoms with E-state index in [1.165, 1.54) is 24.3 Å². The van der Waals surface area contributed by atoms with Crippen molar-refractivity contribution in [3.05, 3.63) is 65.2 Å². The molecule has 0 bridgehead atoms. The maximum absolute atomic E-state index is 13.5. The van der Waals surface area contributed by atoms with E-state index in [2.05, 4.69) is 10.1 Å². The fourth-order valence-corrected chi connectivity index (χ4v) is 5.30. The first-order valence-corrected chi connectivity index (χ1v) is 12.3. The lowest BCUT2D eigenvalue weighted by atomic mass is 9.91. The number of sulfone groups is 1. The number of nitrogens with one attached hydrogen (secondary N) is 1. The second-order valence-electron chi connectivity index (χ2n) is 8.24. The number of amides is 1. The second-order valence-corrected chi connectivity index (χ2v) is 10.3. The van der Waals surface area contributed by atoms with Gasteiger partial charge in [0.15, 0.2) is 9.84 Å². The molecule has 0 unspecified atom stereocenters. The smallest absolute Gasteiger partial charge is 0.354 e. The molecule has 1 amide bonds. The minimum Gasteiger partial charge on any atom is -0.354 e. The van der Waals surface area contributed by atoms with Crippen molar-refractivity contribution in [2.45, 2.75) is 49.2 Å². The summed E-state index contributed by atoms with van der Waals surface area (Å²) in [6.45, 7) is 0.141. The van der Waals surface area contributed by atoms with Crippen LogP contribution < -0.4 is 5.32 Å². The number of benzene rings is 2. The van der Waals surface area contributed by atoms with E-state index in [9.17, 15) is 39.6 Å². The molecule has 192 valence electrons. The van der Waals surface area contributed by atoms with Gasteiger partial charge in [-0.1, -0.05) is 24.3 Å². The first kappa shape index (κ1) is 27.0. The molecule has 5 nitrogen and oxygen atoms in total. The van der Waals surface area contributed by atoms with Gasteiger partial charge < -0.3 is 10.1 Å². The molecule has 1 aliphatic carbocycles. The first-order chi connectivity index (χ1) is 16.2. The monoisotopic (exact) mass is 523 g/mol. The standard InChI is InChI=1S/C23H23F6NO4S/c1-2-34-21(22(24,25)26,23(27,28)29)18-9-7-17(8-10-18)20(31)30-13-15-5-11-19(12-6-15)35(32,33)14-16-3-4-16/h5-12,16H,2-4,13-14H2,1H3,(H,30,31). The summed E-state index contributed by atoms with van der Waals surface area (Å²) in [4.78, 5) is 12.5. The average molecular weight is 523 g/mol. The molecule has 1 N–H and O–H groups in total. The van der Waals surface area contributed by atoms with Crippen LogP contribution in [0.2, 0.25) is 0 Å². The predicted octanol–water partition coefficient (Wildman–Crippen LogP) is 5.16. The van der Waals surface area contributed by atoms with Crippen LogP contribution in [-0.2, 0) is 26.7 Å². The van der Waals surface area contributed by atoms with Crippen molar-refractivity contribution in [3.63, 3.8) is 0 Å². The molecule has 2 aromatic carbocycles. The van der Waals surface area contributed by atoms with Gasteiger partial charge in [0.1, 0.15) is 0 Å². The normalized spacial score (nSPS) is 15.2. The van der Waals surface area contributed by atoms with Gasteiger partial charge in [-0.2, -0.15) is 26.3 Å². The van der Waals surface area contributed by atoms with E-state index in [0.29, 0.717) is 17.7 Å². The Bertz CT molecular complexity index is 1120. The van der Waals surface area contributed by atoms with E-state index in [1.54, 1.807) is 0 Å². The first-order valence-electron chi connectivity index (χ1n) is 10.7. The molecule has 12 heteroatoms. The van der Waals surface area contributed by atoms with Crippen LogP contribution in [-0.4, -0.2) is 39.0 Å². The van der Waals surface area contributed by atoms with Gasteiger partial charge in [0.2, 0.25) is 0 Å². The molecule has 0 aliphatic heterocycles. The molecule has 3 rings (SSSR count). The predicted molar refractivity (Wildman–Crippen MR) is 114 cm³/mol. The van der Waals surface area contributed by atoms with E-state index in [1.807, 2.05) is 0 Å². The number of alkyl halides is 6. The number of ether oxygens (including phenoxy) is 1. The lowest BCUT2D eigenvalue weighted by Gasteiger charge is -2.37. The molecule has 0 radical (unpaired) electrons. The molecule has 0 heterocycles. The van der Waals surface area contributed by atoms with Crippen LogP contribution in [0.4, 0.5) is 26.3 Å². The summed E-state index contributed by atoms with van der Waals surface area (Å²) in [6.07, 6.45) is -9.79. The van der Waals surface area contributed by atoms with Gasteiger partial charge in [-0.05, 0) is 55.5 Å². The topological polar surface area (TPSA) is 72.5 Å². The molecule has 1 aliphatic rings. The lowest BCUT2D eigenvalue weighted by Crippen LogP contribution is -2.56. The summed E-state index contributed by atoms with van der Waals surface area (Å²) in [5, 5.41) is 2.50. The molecule has 0 aromatic heterocycles. The van der Waals surface area contributed by atoms with Crippen LogP contribution in [0.15, 0.2) is 53.4 Å². The Morgan fingerprint density at radius 3 is 1.94 bits per heavy atom. The van der Waals surface area contributed by atoms with Gasteiger partial charge in [-0.25, -0.2) is 8.42 Å². The number of hydrogen-bond acceptors (Lipinski definition) is 4. The fourth-order valence-electron chi connectivity index (χ4n) is 3.60. The van der Waals surface area contributed by atoms with Crippen LogP contribution in [0.25, 0.3) is 0 Å². The van der Waals surface area contributed by atoms with Crippen LogP contribution in [0.5, 0.6) is 0 Å². The maximum Gasteiger partial charge on any atom is 0.430 e. The number of carbonyl (C=O) groups is 1. The van der Waals surface area contributed by atoms with E-state index in [-0.39, 0.29) is 28.7 Å². The van der Waals surface area contributed by atoms with E-state index in [4.69, 9.17) is 0 Å². The van der Waals surface area contributed by atoms with Crippen LogP contribution in [0.3, 0.4) is 0 Å². The van der Waals surface area contributed by atoms with Gasteiger partial charge in [0, 0.05) is 24.3 Å². The lowest BCUT2D eigenvalue weighted by molar-refractivity contribution is -0.388. The quantitative estimate of drug-likeness (QED) is 0.461. The van der Waals surface area contributed by atoms with Crippen molar-refractivity contribution >= 4 is 15.7 Å². The minimum atomic E-state index is -5.79. The third-order valence-electron chi connectivity index (χ3n) is 5.60. The summed E-state index contributed by atoms with van der Waals surface area (Å²) < 4.78 is 110. The van der Waals surface area contributed by atoms with Crippen LogP contribution >= 0.6 is 0 Å². The SMILES string of the molecule is CCOC(c1ccc(C(=O)NCc2ccc(S(=O)(=O)CC3CC3)cc2)cc1)(C(F)(F)F)C(F)(F)F. The Kier molecular flexibility index (Phi) is 7.56. The molecule has 2 aromatic rings. The summed E-state index contributed by atoms with van der Waals surface area (Å²) in [5.41, 5.74) is -5.32. The number of carbonyl (C=O) groups excluding carboxylic acids is 1. The Morgan fingerprint density at radius 1 is 0.943 bits per heavy atom. The average Bonchev–Trinajstić information content (AvgIpc) is 3.58. The molecule has 35 heavy (non-hydrogen) atoms. The van der Waals surface area contributed by atoms with Crippen molar-refractivity contribution in [1.29, 1.82) is 0 Å². The second kappa shape index (κ2) is 9.81. The zero-order chi connectivity index (χ0) is 26.1. The third kappa shape index (κ3) is 5.80. The van der Waals surface area contributed by atoms with Crippen LogP contribution in [0.1, 0.15) is 41.3 Å². The molecule has 0 spiro atoms.